The van der Waals surface area contributed by atoms with Gasteiger partial charge in [-0.3, -0.25) is 4.79 Å². The van der Waals surface area contributed by atoms with Crippen LogP contribution in [0.2, 0.25) is 18.1 Å². The van der Waals surface area contributed by atoms with Crippen molar-refractivity contribution in [2.75, 3.05) is 0 Å². The molecule has 0 fully saturated rings. The summed E-state index contributed by atoms with van der Waals surface area (Å²) in [4.78, 5) is 10.5. The van der Waals surface area contributed by atoms with Crippen LogP contribution in [0.1, 0.15) is 31.1 Å². The lowest BCUT2D eigenvalue weighted by Gasteiger charge is -2.36. The zero-order chi connectivity index (χ0) is 13.3. The van der Waals surface area contributed by atoms with Gasteiger partial charge in [0.05, 0.1) is 5.56 Å². The molecule has 0 amide bonds. The van der Waals surface area contributed by atoms with Gasteiger partial charge in [0, 0.05) is 6.07 Å². The number of hydrogen-bond donors (Lipinski definition) is 0. The molecule has 0 aliphatic carbocycles. The van der Waals surface area contributed by atoms with Crippen molar-refractivity contribution in [2.45, 2.75) is 38.9 Å². The molecule has 0 spiro atoms. The normalized spacial score (nSPS) is 12.4. The topological polar surface area (TPSA) is 26.3 Å². The monoisotopic (exact) mass is 254 g/mol. The van der Waals surface area contributed by atoms with Gasteiger partial charge in [-0.25, -0.2) is 4.39 Å². The van der Waals surface area contributed by atoms with E-state index in [2.05, 4.69) is 33.9 Å². The maximum atomic E-state index is 13.4. The van der Waals surface area contributed by atoms with Gasteiger partial charge in [0.15, 0.2) is 6.29 Å². The summed E-state index contributed by atoms with van der Waals surface area (Å²) in [6.45, 7) is 10.6. The second-order valence-corrected chi connectivity index (χ2v) is 10.4. The number of halogens is 1. The van der Waals surface area contributed by atoms with E-state index in [-0.39, 0.29) is 10.6 Å². The molecule has 1 aromatic carbocycles. The first-order valence-electron chi connectivity index (χ1n) is 5.61. The fourth-order valence-electron chi connectivity index (χ4n) is 1.11. The Morgan fingerprint density at radius 1 is 1.29 bits per heavy atom. The minimum Gasteiger partial charge on any atom is -0.543 e. The van der Waals surface area contributed by atoms with Gasteiger partial charge in [-0.1, -0.05) is 20.8 Å². The van der Waals surface area contributed by atoms with Crippen LogP contribution in [-0.4, -0.2) is 14.6 Å². The van der Waals surface area contributed by atoms with E-state index in [1.807, 2.05) is 0 Å². The van der Waals surface area contributed by atoms with Gasteiger partial charge in [-0.05, 0) is 30.3 Å². The fraction of sp³-hybridized carbons (Fsp3) is 0.462. The summed E-state index contributed by atoms with van der Waals surface area (Å²) in [5, 5.41) is 0.0623. The molecule has 0 N–H and O–H groups in total. The van der Waals surface area contributed by atoms with Crippen molar-refractivity contribution in [2.24, 2.45) is 0 Å². The number of carbonyl (C=O) groups is 1. The molecule has 0 atom stereocenters. The Labute approximate surface area is 103 Å². The molecule has 0 unspecified atom stereocenters. The smallest absolute Gasteiger partial charge is 0.250 e. The van der Waals surface area contributed by atoms with Crippen molar-refractivity contribution in [3.63, 3.8) is 0 Å². The van der Waals surface area contributed by atoms with Gasteiger partial charge < -0.3 is 4.43 Å². The fourth-order valence-corrected chi connectivity index (χ4v) is 2.14. The first-order chi connectivity index (χ1) is 7.67. The Balaban J connectivity index is 2.97. The first kappa shape index (κ1) is 13.9. The third-order valence-corrected chi connectivity index (χ3v) is 7.64. The number of carbonyl (C=O) groups excluding carboxylic acids is 1. The van der Waals surface area contributed by atoms with Crippen LogP contribution in [0.5, 0.6) is 5.75 Å². The van der Waals surface area contributed by atoms with Gasteiger partial charge in [0.2, 0.25) is 8.32 Å². The van der Waals surface area contributed by atoms with E-state index < -0.39 is 14.1 Å². The second-order valence-electron chi connectivity index (χ2n) is 5.66. The Morgan fingerprint density at radius 2 is 1.88 bits per heavy atom. The molecule has 17 heavy (non-hydrogen) atoms. The molecule has 2 nitrogen and oxygen atoms in total. The van der Waals surface area contributed by atoms with Crippen molar-refractivity contribution in [3.05, 3.63) is 29.6 Å². The van der Waals surface area contributed by atoms with Crippen molar-refractivity contribution >= 4 is 14.6 Å². The van der Waals surface area contributed by atoms with Crippen LogP contribution in [-0.2, 0) is 0 Å². The molecule has 0 heterocycles. The summed E-state index contributed by atoms with van der Waals surface area (Å²) in [5.41, 5.74) is 0.0626. The second kappa shape index (κ2) is 4.60. The zero-order valence-electron chi connectivity index (χ0n) is 11.0. The lowest BCUT2D eigenvalue weighted by atomic mass is 10.2. The zero-order valence-corrected chi connectivity index (χ0v) is 12.0. The van der Waals surface area contributed by atoms with Crippen molar-refractivity contribution < 1.29 is 13.6 Å². The number of hydrogen-bond acceptors (Lipinski definition) is 2. The van der Waals surface area contributed by atoms with Crippen LogP contribution < -0.4 is 4.43 Å². The van der Waals surface area contributed by atoms with E-state index in [4.69, 9.17) is 4.43 Å². The van der Waals surface area contributed by atoms with Crippen LogP contribution in [0.4, 0.5) is 4.39 Å². The molecule has 0 bridgehead atoms. The summed E-state index contributed by atoms with van der Waals surface area (Å²) in [6, 6.07) is 4.38. The highest BCUT2D eigenvalue weighted by Crippen LogP contribution is 2.37. The molecule has 0 saturated carbocycles. The molecular formula is C13H19FO2Si. The van der Waals surface area contributed by atoms with Crippen molar-refractivity contribution in [1.29, 1.82) is 0 Å². The number of aldehydes is 1. The predicted molar refractivity (Wildman–Crippen MR) is 69.6 cm³/mol. The third kappa shape index (κ3) is 3.16. The van der Waals surface area contributed by atoms with E-state index in [1.54, 1.807) is 6.07 Å². The Kier molecular flexibility index (Phi) is 3.77. The highest BCUT2D eigenvalue weighted by Gasteiger charge is 2.39. The molecule has 4 heteroatoms. The maximum Gasteiger partial charge on any atom is 0.250 e. The SMILES string of the molecule is CC(C)(C)[Si](C)(C)Oc1ccc(C=O)c(F)c1. The molecular weight excluding hydrogens is 235 g/mol. The average Bonchev–Trinajstić information content (AvgIpc) is 2.15. The standard InChI is InChI=1S/C13H19FO2Si/c1-13(2,3)17(4,5)16-11-7-6-10(9-15)12(14)8-11/h6-9H,1-5H3. The molecule has 1 aromatic rings. The Hall–Kier alpha value is -1.16. The Bertz CT molecular complexity index is 422. The van der Waals surface area contributed by atoms with E-state index >= 15 is 0 Å². The molecule has 0 aromatic heterocycles. The first-order valence-corrected chi connectivity index (χ1v) is 8.52. The van der Waals surface area contributed by atoms with E-state index in [0.29, 0.717) is 12.0 Å². The van der Waals surface area contributed by atoms with Crippen LogP contribution in [0, 0.1) is 5.82 Å². The van der Waals surface area contributed by atoms with E-state index in [0.717, 1.165) is 0 Å². The molecule has 94 valence electrons. The molecule has 0 aliphatic heterocycles. The molecule has 1 rings (SSSR count). The number of rotatable bonds is 3. The quantitative estimate of drug-likeness (QED) is 0.601. The molecule has 0 aliphatic rings. The predicted octanol–water partition coefficient (Wildman–Crippen LogP) is 4.02. The van der Waals surface area contributed by atoms with Crippen molar-refractivity contribution in [3.8, 4) is 5.75 Å². The average molecular weight is 254 g/mol. The van der Waals surface area contributed by atoms with Gasteiger partial charge in [0.25, 0.3) is 0 Å². The summed E-state index contributed by atoms with van der Waals surface area (Å²) < 4.78 is 19.4. The van der Waals surface area contributed by atoms with Crippen LogP contribution in [0.25, 0.3) is 0 Å². The van der Waals surface area contributed by atoms with E-state index in [1.165, 1.54) is 12.1 Å². The van der Waals surface area contributed by atoms with Crippen LogP contribution in [0.3, 0.4) is 0 Å². The third-order valence-electron chi connectivity index (χ3n) is 3.28. The lowest BCUT2D eigenvalue weighted by Crippen LogP contribution is -2.43. The summed E-state index contributed by atoms with van der Waals surface area (Å²) >= 11 is 0. The summed E-state index contributed by atoms with van der Waals surface area (Å²) in [6.07, 6.45) is 0.505. The van der Waals surface area contributed by atoms with Gasteiger partial charge in [0.1, 0.15) is 11.6 Å². The van der Waals surface area contributed by atoms with E-state index in [9.17, 15) is 9.18 Å². The molecule has 0 saturated heterocycles. The highest BCUT2D eigenvalue weighted by molar-refractivity contribution is 6.74. The van der Waals surface area contributed by atoms with Crippen LogP contribution >= 0.6 is 0 Å². The number of benzene rings is 1. The summed E-state index contributed by atoms with van der Waals surface area (Å²) in [5.74, 6) is -0.0316. The lowest BCUT2D eigenvalue weighted by molar-refractivity contribution is 0.112. The molecule has 0 radical (unpaired) electrons. The van der Waals surface area contributed by atoms with Gasteiger partial charge >= 0.3 is 0 Å². The Morgan fingerprint density at radius 3 is 2.29 bits per heavy atom. The van der Waals surface area contributed by atoms with Gasteiger partial charge in [-0.15, -0.1) is 0 Å². The largest absolute Gasteiger partial charge is 0.543 e. The highest BCUT2D eigenvalue weighted by atomic mass is 28.4. The minimum absolute atomic E-state index is 0.0623. The summed E-state index contributed by atoms with van der Waals surface area (Å²) in [7, 11) is -1.95. The minimum atomic E-state index is -1.95. The maximum absolute atomic E-state index is 13.4. The van der Waals surface area contributed by atoms with Crippen molar-refractivity contribution in [1.82, 2.24) is 0 Å². The van der Waals surface area contributed by atoms with Crippen LogP contribution in [0.15, 0.2) is 18.2 Å². The van der Waals surface area contributed by atoms with Gasteiger partial charge in [-0.2, -0.15) is 0 Å².